The van der Waals surface area contributed by atoms with Crippen LogP contribution in [0.15, 0.2) is 77.2 Å². The van der Waals surface area contributed by atoms with E-state index < -0.39 is 11.9 Å². The van der Waals surface area contributed by atoms with E-state index in [2.05, 4.69) is 10.3 Å². The van der Waals surface area contributed by atoms with Crippen molar-refractivity contribution in [2.45, 2.75) is 32.7 Å². The Kier molecular flexibility index (Phi) is 8.20. The number of rotatable bonds is 11. The second-order valence-electron chi connectivity index (χ2n) is 8.51. The summed E-state index contributed by atoms with van der Waals surface area (Å²) < 4.78 is 11.8. The van der Waals surface area contributed by atoms with Crippen LogP contribution in [0, 0.1) is 6.92 Å². The Morgan fingerprint density at radius 3 is 2.49 bits per heavy atom. The Hall–Kier alpha value is -4.59. The van der Waals surface area contributed by atoms with Crippen molar-refractivity contribution in [3.63, 3.8) is 0 Å². The molecule has 190 valence electrons. The Morgan fingerprint density at radius 1 is 0.973 bits per heavy atom. The van der Waals surface area contributed by atoms with Gasteiger partial charge in [-0.3, -0.25) is 9.59 Å². The number of carboxylic acids is 1. The third-order valence-electron chi connectivity index (χ3n) is 5.90. The molecule has 0 atom stereocenters. The average Bonchev–Trinajstić information content (AvgIpc) is 3.27. The number of nitrogens with one attached hydrogen (secondary N) is 1. The van der Waals surface area contributed by atoms with Crippen molar-refractivity contribution < 1.29 is 29.0 Å². The number of benzene rings is 3. The van der Waals surface area contributed by atoms with E-state index in [1.165, 1.54) is 12.1 Å². The number of carboxylic acid groups (broad SMARTS) is 1. The quantitative estimate of drug-likeness (QED) is 0.267. The molecule has 0 aliphatic heterocycles. The van der Waals surface area contributed by atoms with Gasteiger partial charge in [0.15, 0.2) is 0 Å². The third kappa shape index (κ3) is 6.76. The molecule has 1 aromatic heterocycles. The number of carbonyl (C=O) groups is 2. The lowest BCUT2D eigenvalue weighted by Crippen LogP contribution is -2.23. The highest BCUT2D eigenvalue weighted by Crippen LogP contribution is 2.23. The first-order valence-corrected chi connectivity index (χ1v) is 11.9. The number of phenols is 1. The van der Waals surface area contributed by atoms with E-state index in [0.717, 1.165) is 28.1 Å². The number of aliphatic carboxylic acids is 1. The Morgan fingerprint density at radius 2 is 1.73 bits per heavy atom. The highest BCUT2D eigenvalue weighted by Gasteiger charge is 2.14. The maximum absolute atomic E-state index is 12.6. The molecule has 4 aromatic rings. The fourth-order valence-corrected chi connectivity index (χ4v) is 3.91. The lowest BCUT2D eigenvalue weighted by molar-refractivity contribution is -0.136. The summed E-state index contributed by atoms with van der Waals surface area (Å²) >= 11 is 0. The molecule has 37 heavy (non-hydrogen) atoms. The summed E-state index contributed by atoms with van der Waals surface area (Å²) in [5.74, 6) is 0.459. The van der Waals surface area contributed by atoms with Crippen molar-refractivity contribution in [2.75, 3.05) is 6.61 Å². The van der Waals surface area contributed by atoms with Crippen LogP contribution >= 0.6 is 0 Å². The second-order valence-corrected chi connectivity index (χ2v) is 8.51. The molecule has 1 amide bonds. The number of amides is 1. The minimum atomic E-state index is -0.901. The second kappa shape index (κ2) is 11.9. The molecule has 4 rings (SSSR count). The fraction of sp³-hybridized carbons (Fsp3) is 0.207. The van der Waals surface area contributed by atoms with Gasteiger partial charge in [0.25, 0.3) is 5.91 Å². The number of aryl methyl sites for hydroxylation is 2. The van der Waals surface area contributed by atoms with Crippen molar-refractivity contribution in [3.8, 4) is 23.0 Å². The van der Waals surface area contributed by atoms with Crippen LogP contribution in [0.2, 0.25) is 0 Å². The molecule has 8 heteroatoms. The van der Waals surface area contributed by atoms with Gasteiger partial charge in [0.1, 0.15) is 17.3 Å². The van der Waals surface area contributed by atoms with E-state index >= 15 is 0 Å². The molecule has 0 radical (unpaired) electrons. The van der Waals surface area contributed by atoms with Crippen LogP contribution in [0.5, 0.6) is 11.5 Å². The number of hydrogen-bond acceptors (Lipinski definition) is 6. The number of aromatic hydroxyl groups is 1. The minimum Gasteiger partial charge on any atom is -0.507 e. The van der Waals surface area contributed by atoms with Crippen molar-refractivity contribution in [1.82, 2.24) is 10.3 Å². The Labute approximate surface area is 214 Å². The smallest absolute Gasteiger partial charge is 0.303 e. The molecule has 0 aliphatic carbocycles. The van der Waals surface area contributed by atoms with Crippen molar-refractivity contribution in [3.05, 3.63) is 101 Å². The van der Waals surface area contributed by atoms with Gasteiger partial charge in [-0.05, 0) is 60.9 Å². The molecule has 0 saturated heterocycles. The molecule has 0 fully saturated rings. The normalized spacial score (nSPS) is 10.7. The van der Waals surface area contributed by atoms with Crippen LogP contribution in [0.3, 0.4) is 0 Å². The summed E-state index contributed by atoms with van der Waals surface area (Å²) in [6.45, 7) is 2.39. The number of oxazole rings is 1. The van der Waals surface area contributed by atoms with Crippen LogP contribution in [0.4, 0.5) is 0 Å². The summed E-state index contributed by atoms with van der Waals surface area (Å²) in [5.41, 5.74) is 3.43. The van der Waals surface area contributed by atoms with E-state index in [1.807, 2.05) is 43.3 Å². The molecule has 0 saturated carbocycles. The SMILES string of the molecule is Cc1oc(-c2ccccc2)nc1CCOc1ccc(CCC(=O)O)c(CNC(=O)c2ccccc2O)c1. The summed E-state index contributed by atoms with van der Waals surface area (Å²) in [4.78, 5) is 28.3. The minimum absolute atomic E-state index is 0.0319. The van der Waals surface area contributed by atoms with Crippen molar-refractivity contribution >= 4 is 11.9 Å². The van der Waals surface area contributed by atoms with Crippen molar-refractivity contribution in [1.29, 1.82) is 0 Å². The first-order chi connectivity index (χ1) is 17.9. The van der Waals surface area contributed by atoms with Crippen LogP contribution in [0.1, 0.15) is 39.4 Å². The molecule has 3 aromatic carbocycles. The van der Waals surface area contributed by atoms with Gasteiger partial charge in [-0.15, -0.1) is 0 Å². The molecule has 0 aliphatic rings. The highest BCUT2D eigenvalue weighted by molar-refractivity contribution is 5.96. The zero-order chi connectivity index (χ0) is 26.2. The molecular weight excluding hydrogens is 472 g/mol. The van der Waals surface area contributed by atoms with E-state index in [4.69, 9.17) is 14.3 Å². The van der Waals surface area contributed by atoms with E-state index in [-0.39, 0.29) is 24.3 Å². The monoisotopic (exact) mass is 500 g/mol. The largest absolute Gasteiger partial charge is 0.507 e. The number of phenolic OH excluding ortho intramolecular Hbond substituents is 1. The van der Waals surface area contributed by atoms with E-state index in [0.29, 0.717) is 31.1 Å². The average molecular weight is 501 g/mol. The zero-order valence-electron chi connectivity index (χ0n) is 20.4. The fourth-order valence-electron chi connectivity index (χ4n) is 3.91. The summed E-state index contributed by atoms with van der Waals surface area (Å²) in [5, 5.41) is 21.8. The summed E-state index contributed by atoms with van der Waals surface area (Å²) in [6, 6.07) is 21.4. The lowest BCUT2D eigenvalue weighted by Gasteiger charge is -2.14. The van der Waals surface area contributed by atoms with Gasteiger partial charge < -0.3 is 24.7 Å². The maximum atomic E-state index is 12.6. The molecule has 0 unspecified atom stereocenters. The van der Waals surface area contributed by atoms with Crippen LogP contribution < -0.4 is 10.1 Å². The van der Waals surface area contributed by atoms with Gasteiger partial charge in [-0.25, -0.2) is 4.98 Å². The lowest BCUT2D eigenvalue weighted by atomic mass is 10.0. The molecule has 1 heterocycles. The van der Waals surface area contributed by atoms with Gasteiger partial charge in [-0.1, -0.05) is 36.4 Å². The zero-order valence-corrected chi connectivity index (χ0v) is 20.4. The topological polar surface area (TPSA) is 122 Å². The van der Waals surface area contributed by atoms with Gasteiger partial charge in [0.2, 0.25) is 5.89 Å². The molecule has 0 bridgehead atoms. The number of nitrogens with zero attached hydrogens (tertiary/aromatic N) is 1. The van der Waals surface area contributed by atoms with Crippen LogP contribution in [-0.2, 0) is 24.2 Å². The van der Waals surface area contributed by atoms with E-state index in [9.17, 15) is 14.7 Å². The highest BCUT2D eigenvalue weighted by atomic mass is 16.5. The number of hydrogen-bond donors (Lipinski definition) is 3. The molecule has 3 N–H and O–H groups in total. The number of carbonyl (C=O) groups excluding carboxylic acids is 1. The standard InChI is InChI=1S/C29H28N2O6/c1-19-25(31-29(37-19)21-7-3-2-4-8-21)15-16-36-23-13-11-20(12-14-27(33)34)22(17-23)18-30-28(35)24-9-5-6-10-26(24)32/h2-11,13,17,32H,12,14-16,18H2,1H3,(H,30,35)(H,33,34). The first kappa shape index (κ1) is 25.5. The number of aromatic nitrogens is 1. The van der Waals surface area contributed by atoms with Gasteiger partial charge in [0.05, 0.1) is 17.9 Å². The number of ether oxygens (including phenoxy) is 1. The molecular formula is C29H28N2O6. The Bertz CT molecular complexity index is 1380. The predicted octanol–water partition coefficient (Wildman–Crippen LogP) is 4.92. The molecule has 8 nitrogen and oxygen atoms in total. The first-order valence-electron chi connectivity index (χ1n) is 11.9. The predicted molar refractivity (Wildman–Crippen MR) is 138 cm³/mol. The van der Waals surface area contributed by atoms with Gasteiger partial charge in [-0.2, -0.15) is 0 Å². The Balaban J connectivity index is 1.42. The van der Waals surface area contributed by atoms with Crippen LogP contribution in [-0.4, -0.2) is 33.7 Å². The van der Waals surface area contributed by atoms with Crippen LogP contribution in [0.25, 0.3) is 11.5 Å². The number of para-hydroxylation sites is 1. The maximum Gasteiger partial charge on any atom is 0.303 e. The third-order valence-corrected chi connectivity index (χ3v) is 5.90. The molecule has 0 spiro atoms. The van der Waals surface area contributed by atoms with Crippen molar-refractivity contribution in [2.24, 2.45) is 0 Å². The van der Waals surface area contributed by atoms with Gasteiger partial charge >= 0.3 is 5.97 Å². The summed E-state index contributed by atoms with van der Waals surface area (Å²) in [6.07, 6.45) is 0.829. The summed E-state index contributed by atoms with van der Waals surface area (Å²) in [7, 11) is 0. The van der Waals surface area contributed by atoms with Gasteiger partial charge in [0, 0.05) is 24.9 Å². The van der Waals surface area contributed by atoms with E-state index in [1.54, 1.807) is 24.3 Å².